The van der Waals surface area contributed by atoms with Crippen LogP contribution in [0.1, 0.15) is 17.3 Å². The molecular weight excluding hydrogens is 260 g/mol. The molecule has 1 heterocycles. The van der Waals surface area contributed by atoms with Gasteiger partial charge in [-0.1, -0.05) is 5.21 Å². The molecule has 0 radical (unpaired) electrons. The highest BCUT2D eigenvalue weighted by atomic mass is 16.5. The van der Waals surface area contributed by atoms with Crippen LogP contribution in [-0.4, -0.2) is 36.3 Å². The van der Waals surface area contributed by atoms with Crippen molar-refractivity contribution in [3.05, 3.63) is 29.6 Å². The van der Waals surface area contributed by atoms with E-state index < -0.39 is 6.04 Å². The maximum Gasteiger partial charge on any atom is 0.203 e. The molecule has 0 saturated heterocycles. The molecule has 0 aliphatic heterocycles. The first-order valence-corrected chi connectivity index (χ1v) is 6.03. The Balaban J connectivity index is 2.54. The summed E-state index contributed by atoms with van der Waals surface area (Å²) >= 11 is 0. The SMILES string of the molecule is COc1ccc(C(N)c2cnnn2C)c(OC)c1OC. The van der Waals surface area contributed by atoms with E-state index in [1.54, 1.807) is 45.3 Å². The molecule has 1 atom stereocenters. The molecule has 0 spiro atoms. The lowest BCUT2D eigenvalue weighted by molar-refractivity contribution is 0.321. The van der Waals surface area contributed by atoms with E-state index in [-0.39, 0.29) is 0 Å². The van der Waals surface area contributed by atoms with Crippen molar-refractivity contribution < 1.29 is 14.2 Å². The Morgan fingerprint density at radius 3 is 2.30 bits per heavy atom. The molecule has 0 aliphatic rings. The van der Waals surface area contributed by atoms with Gasteiger partial charge in [0.25, 0.3) is 0 Å². The Labute approximate surface area is 117 Å². The van der Waals surface area contributed by atoms with Crippen LogP contribution in [0.2, 0.25) is 0 Å². The molecule has 0 saturated carbocycles. The minimum absolute atomic E-state index is 0.426. The summed E-state index contributed by atoms with van der Waals surface area (Å²) in [6.45, 7) is 0. The third kappa shape index (κ3) is 2.27. The largest absolute Gasteiger partial charge is 0.493 e. The van der Waals surface area contributed by atoms with Crippen LogP contribution >= 0.6 is 0 Å². The molecular formula is C13H18N4O3. The summed E-state index contributed by atoms with van der Waals surface area (Å²) in [7, 11) is 6.48. The smallest absolute Gasteiger partial charge is 0.203 e. The molecule has 0 aliphatic carbocycles. The lowest BCUT2D eigenvalue weighted by Crippen LogP contribution is -2.17. The quantitative estimate of drug-likeness (QED) is 0.874. The van der Waals surface area contributed by atoms with Crippen LogP contribution in [0.15, 0.2) is 18.3 Å². The lowest BCUT2D eigenvalue weighted by Gasteiger charge is -2.19. The zero-order chi connectivity index (χ0) is 14.7. The predicted molar refractivity (Wildman–Crippen MR) is 73.1 cm³/mol. The molecule has 1 unspecified atom stereocenters. The fourth-order valence-corrected chi connectivity index (χ4v) is 2.11. The average Bonchev–Trinajstić information content (AvgIpc) is 2.90. The van der Waals surface area contributed by atoms with Gasteiger partial charge < -0.3 is 19.9 Å². The molecule has 108 valence electrons. The molecule has 0 bridgehead atoms. The van der Waals surface area contributed by atoms with E-state index in [9.17, 15) is 0 Å². The van der Waals surface area contributed by atoms with Gasteiger partial charge in [-0.05, 0) is 12.1 Å². The summed E-state index contributed by atoms with van der Waals surface area (Å²) in [5.41, 5.74) is 7.82. The molecule has 0 fully saturated rings. The monoisotopic (exact) mass is 278 g/mol. The van der Waals surface area contributed by atoms with Gasteiger partial charge in [-0.3, -0.25) is 4.68 Å². The van der Waals surface area contributed by atoms with Gasteiger partial charge in [0.1, 0.15) is 0 Å². The maximum absolute atomic E-state index is 6.28. The van der Waals surface area contributed by atoms with E-state index >= 15 is 0 Å². The van der Waals surface area contributed by atoms with Crippen LogP contribution in [0, 0.1) is 0 Å². The molecule has 7 nitrogen and oxygen atoms in total. The Morgan fingerprint density at radius 2 is 1.80 bits per heavy atom. The van der Waals surface area contributed by atoms with Crippen molar-refractivity contribution in [3.8, 4) is 17.2 Å². The Morgan fingerprint density at radius 1 is 1.10 bits per heavy atom. The number of hydrogen-bond donors (Lipinski definition) is 1. The highest BCUT2D eigenvalue weighted by Gasteiger charge is 2.23. The van der Waals surface area contributed by atoms with Crippen LogP contribution in [0.25, 0.3) is 0 Å². The summed E-state index contributed by atoms with van der Waals surface area (Å²) < 4.78 is 17.7. The van der Waals surface area contributed by atoms with E-state index in [4.69, 9.17) is 19.9 Å². The second-order valence-electron chi connectivity index (χ2n) is 4.18. The zero-order valence-corrected chi connectivity index (χ0v) is 12.0. The summed E-state index contributed by atoms with van der Waals surface area (Å²) in [6.07, 6.45) is 1.63. The van der Waals surface area contributed by atoms with E-state index in [1.165, 1.54) is 0 Å². The second-order valence-corrected chi connectivity index (χ2v) is 4.18. The van der Waals surface area contributed by atoms with Crippen molar-refractivity contribution in [1.82, 2.24) is 15.0 Å². The van der Waals surface area contributed by atoms with Gasteiger partial charge in [0.15, 0.2) is 11.5 Å². The fourth-order valence-electron chi connectivity index (χ4n) is 2.11. The van der Waals surface area contributed by atoms with E-state index in [1.807, 2.05) is 6.07 Å². The van der Waals surface area contributed by atoms with Gasteiger partial charge in [0.2, 0.25) is 5.75 Å². The van der Waals surface area contributed by atoms with E-state index in [0.29, 0.717) is 17.2 Å². The summed E-state index contributed by atoms with van der Waals surface area (Å²) in [4.78, 5) is 0. The molecule has 1 aromatic carbocycles. The number of rotatable bonds is 5. The Kier molecular flexibility index (Phi) is 4.09. The van der Waals surface area contributed by atoms with Gasteiger partial charge in [0, 0.05) is 12.6 Å². The molecule has 2 rings (SSSR count). The van der Waals surface area contributed by atoms with Gasteiger partial charge in [0.05, 0.1) is 39.3 Å². The molecule has 2 N–H and O–H groups in total. The number of nitrogens with zero attached hydrogens (tertiary/aromatic N) is 3. The second kappa shape index (κ2) is 5.79. The number of benzene rings is 1. The topological polar surface area (TPSA) is 84.4 Å². The van der Waals surface area contributed by atoms with Crippen molar-refractivity contribution in [2.24, 2.45) is 12.8 Å². The summed E-state index contributed by atoms with van der Waals surface area (Å²) in [6, 6.07) is 3.21. The summed E-state index contributed by atoms with van der Waals surface area (Å²) in [5.74, 6) is 1.64. The maximum atomic E-state index is 6.28. The average molecular weight is 278 g/mol. The van der Waals surface area contributed by atoms with Crippen molar-refractivity contribution in [1.29, 1.82) is 0 Å². The normalized spacial score (nSPS) is 12.1. The Hall–Kier alpha value is -2.28. The van der Waals surface area contributed by atoms with E-state index in [2.05, 4.69) is 10.3 Å². The number of hydrogen-bond acceptors (Lipinski definition) is 6. The van der Waals surface area contributed by atoms with Gasteiger partial charge in [-0.2, -0.15) is 0 Å². The standard InChI is InChI=1S/C13H18N4O3/c1-17-9(7-15-16-17)11(14)8-5-6-10(18-2)13(20-4)12(8)19-3/h5-7,11H,14H2,1-4H3. The van der Waals surface area contributed by atoms with Crippen LogP contribution < -0.4 is 19.9 Å². The predicted octanol–water partition coefficient (Wildman–Crippen LogP) is 0.889. The fraction of sp³-hybridized carbons (Fsp3) is 0.385. The number of methoxy groups -OCH3 is 3. The van der Waals surface area contributed by atoms with E-state index in [0.717, 1.165) is 11.3 Å². The lowest BCUT2D eigenvalue weighted by atomic mass is 10.0. The highest BCUT2D eigenvalue weighted by molar-refractivity contribution is 5.57. The van der Waals surface area contributed by atoms with Crippen LogP contribution in [0.4, 0.5) is 0 Å². The van der Waals surface area contributed by atoms with Crippen molar-refractivity contribution in [2.75, 3.05) is 21.3 Å². The molecule has 1 aromatic heterocycles. The third-order valence-corrected chi connectivity index (χ3v) is 3.14. The Bertz CT molecular complexity index is 597. The zero-order valence-electron chi connectivity index (χ0n) is 12.0. The van der Waals surface area contributed by atoms with Crippen LogP contribution in [-0.2, 0) is 7.05 Å². The number of nitrogens with two attached hydrogens (primary N) is 1. The van der Waals surface area contributed by atoms with Crippen LogP contribution in [0.3, 0.4) is 0 Å². The minimum Gasteiger partial charge on any atom is -0.493 e. The molecule has 2 aromatic rings. The molecule has 0 amide bonds. The van der Waals surface area contributed by atoms with Crippen molar-refractivity contribution in [3.63, 3.8) is 0 Å². The minimum atomic E-state index is -0.426. The summed E-state index contributed by atoms with van der Waals surface area (Å²) in [5, 5.41) is 7.72. The number of aryl methyl sites for hydroxylation is 1. The highest BCUT2D eigenvalue weighted by Crippen LogP contribution is 2.42. The van der Waals surface area contributed by atoms with Gasteiger partial charge in [-0.25, -0.2) is 0 Å². The first-order valence-electron chi connectivity index (χ1n) is 6.03. The first-order chi connectivity index (χ1) is 9.63. The first kappa shape index (κ1) is 14.1. The van der Waals surface area contributed by atoms with Gasteiger partial charge >= 0.3 is 0 Å². The van der Waals surface area contributed by atoms with Gasteiger partial charge in [-0.15, -0.1) is 5.10 Å². The molecule has 7 heteroatoms. The van der Waals surface area contributed by atoms with Crippen LogP contribution in [0.5, 0.6) is 17.2 Å². The third-order valence-electron chi connectivity index (χ3n) is 3.14. The molecule has 20 heavy (non-hydrogen) atoms. The van der Waals surface area contributed by atoms with Crippen molar-refractivity contribution in [2.45, 2.75) is 6.04 Å². The van der Waals surface area contributed by atoms with Crippen molar-refractivity contribution >= 4 is 0 Å². The number of aromatic nitrogens is 3. The number of ether oxygens (including phenoxy) is 3.